The van der Waals surface area contributed by atoms with Crippen molar-refractivity contribution >= 4 is 23.6 Å². The molecule has 0 fully saturated rings. The Labute approximate surface area is 242 Å². The average Bonchev–Trinajstić information content (AvgIpc) is 2.97. The monoisotopic (exact) mass is 572 g/mol. The van der Waals surface area contributed by atoms with E-state index in [9.17, 15) is 18.0 Å². The molecule has 4 aromatic carbocycles. The molecule has 4 aromatic rings. The molecule has 1 unspecified atom stereocenters. The highest BCUT2D eigenvalue weighted by atomic mass is 35.5. The predicted octanol–water partition coefficient (Wildman–Crippen LogP) is 8.70. The molecule has 0 saturated carbocycles. The number of benzene rings is 4. The van der Waals surface area contributed by atoms with Gasteiger partial charge < -0.3 is 10.6 Å². The molecular weight excluding hydrogens is 545 g/mol. The zero-order valence-corrected chi connectivity index (χ0v) is 22.8. The van der Waals surface area contributed by atoms with E-state index in [-0.39, 0.29) is 17.3 Å². The fourth-order valence-electron chi connectivity index (χ4n) is 4.18. The fourth-order valence-corrected chi connectivity index (χ4v) is 4.30. The number of nitrogens with one attached hydrogen (secondary N) is 2. The van der Waals surface area contributed by atoms with Crippen LogP contribution >= 0.6 is 11.6 Å². The normalized spacial score (nSPS) is 12.3. The molecule has 4 rings (SSSR count). The van der Waals surface area contributed by atoms with Crippen LogP contribution in [0.15, 0.2) is 134 Å². The molecule has 208 valence electrons. The second-order valence-electron chi connectivity index (χ2n) is 9.37. The van der Waals surface area contributed by atoms with Crippen molar-refractivity contribution in [1.29, 1.82) is 0 Å². The number of amides is 1. The van der Waals surface area contributed by atoms with Gasteiger partial charge in [0.1, 0.15) is 0 Å². The molecular formula is C34H28ClF3N2O. The number of carbonyl (C=O) groups excluding carboxylic acids is 1. The molecule has 7 heteroatoms. The summed E-state index contributed by atoms with van der Waals surface area (Å²) >= 11 is 6.00. The minimum atomic E-state index is -4.50. The highest BCUT2D eigenvalue weighted by molar-refractivity contribution is 6.30. The topological polar surface area (TPSA) is 41.1 Å². The second-order valence-corrected chi connectivity index (χ2v) is 9.81. The highest BCUT2D eigenvalue weighted by Crippen LogP contribution is 2.30. The summed E-state index contributed by atoms with van der Waals surface area (Å²) in [5, 5.41) is 6.68. The number of halogens is 4. The largest absolute Gasteiger partial charge is 0.416 e. The first-order chi connectivity index (χ1) is 19.6. The zero-order valence-electron chi connectivity index (χ0n) is 22.1. The van der Waals surface area contributed by atoms with Crippen LogP contribution in [0.25, 0.3) is 17.2 Å². The van der Waals surface area contributed by atoms with E-state index in [1.165, 1.54) is 18.2 Å². The Balaban J connectivity index is 1.59. The molecule has 0 aliphatic carbocycles. The predicted molar refractivity (Wildman–Crippen MR) is 160 cm³/mol. The zero-order chi connectivity index (χ0) is 29.4. The molecule has 0 saturated heterocycles. The van der Waals surface area contributed by atoms with Crippen molar-refractivity contribution in [3.63, 3.8) is 0 Å². The molecule has 0 aliphatic heterocycles. The summed E-state index contributed by atoms with van der Waals surface area (Å²) in [5.41, 5.74) is 3.34. The number of carbonyl (C=O) groups is 1. The molecule has 0 radical (unpaired) electrons. The van der Waals surface area contributed by atoms with Crippen LogP contribution in [-0.4, -0.2) is 11.9 Å². The van der Waals surface area contributed by atoms with Crippen LogP contribution in [0.2, 0.25) is 5.02 Å². The number of alkyl halides is 3. The summed E-state index contributed by atoms with van der Waals surface area (Å²) in [4.78, 5) is 13.3. The van der Waals surface area contributed by atoms with Crippen LogP contribution in [0.4, 0.5) is 13.2 Å². The lowest BCUT2D eigenvalue weighted by Crippen LogP contribution is -2.33. The van der Waals surface area contributed by atoms with E-state index in [4.69, 9.17) is 11.6 Å². The first-order valence-electron chi connectivity index (χ1n) is 12.8. The highest BCUT2D eigenvalue weighted by Gasteiger charge is 2.30. The van der Waals surface area contributed by atoms with Crippen LogP contribution in [0.1, 0.15) is 27.0 Å². The Morgan fingerprint density at radius 3 is 2.17 bits per heavy atom. The second kappa shape index (κ2) is 13.2. The lowest BCUT2D eigenvalue weighted by Gasteiger charge is -2.21. The smallest absolute Gasteiger partial charge is 0.377 e. The summed E-state index contributed by atoms with van der Waals surface area (Å²) in [5.74, 6) is -0.432. The van der Waals surface area contributed by atoms with E-state index in [0.717, 1.165) is 28.8 Å². The summed E-state index contributed by atoms with van der Waals surface area (Å²) in [6.07, 6.45) is -0.796. The summed E-state index contributed by atoms with van der Waals surface area (Å²) in [6, 6.07) is 28.8. The van der Waals surface area contributed by atoms with Gasteiger partial charge >= 0.3 is 6.18 Å². The lowest BCUT2D eigenvalue weighted by molar-refractivity contribution is -0.137. The minimum absolute atomic E-state index is 0.226. The van der Waals surface area contributed by atoms with Crippen molar-refractivity contribution in [3.8, 4) is 11.1 Å². The Bertz CT molecular complexity index is 1540. The van der Waals surface area contributed by atoms with Crippen molar-refractivity contribution in [3.05, 3.63) is 161 Å². The van der Waals surface area contributed by atoms with Gasteiger partial charge in [-0.1, -0.05) is 91.0 Å². The van der Waals surface area contributed by atoms with Gasteiger partial charge in [0.25, 0.3) is 5.91 Å². The third kappa shape index (κ3) is 8.22. The third-order valence-electron chi connectivity index (χ3n) is 6.37. The van der Waals surface area contributed by atoms with Crippen LogP contribution < -0.4 is 10.6 Å². The van der Waals surface area contributed by atoms with Crippen molar-refractivity contribution in [2.24, 2.45) is 0 Å². The van der Waals surface area contributed by atoms with E-state index >= 15 is 0 Å². The first-order valence-corrected chi connectivity index (χ1v) is 13.2. The van der Waals surface area contributed by atoms with E-state index in [1.807, 2.05) is 54.6 Å². The van der Waals surface area contributed by atoms with Crippen LogP contribution in [0, 0.1) is 0 Å². The molecule has 0 spiro atoms. The van der Waals surface area contributed by atoms with Crippen LogP contribution in [0.5, 0.6) is 0 Å². The first kappa shape index (κ1) is 29.4. The summed E-state index contributed by atoms with van der Waals surface area (Å²) < 4.78 is 40.1. The van der Waals surface area contributed by atoms with Gasteiger partial charge in [0.2, 0.25) is 0 Å². The number of hydrogen-bond acceptors (Lipinski definition) is 2. The van der Waals surface area contributed by atoms with Crippen LogP contribution in [-0.2, 0) is 12.6 Å². The molecule has 0 aliphatic rings. The maximum absolute atomic E-state index is 13.4. The van der Waals surface area contributed by atoms with Gasteiger partial charge in [0.05, 0.1) is 17.0 Å². The Hall–Kier alpha value is -4.55. The molecule has 1 amide bonds. The average molecular weight is 573 g/mol. The molecule has 0 aromatic heterocycles. The molecule has 1 atom stereocenters. The molecule has 0 bridgehead atoms. The van der Waals surface area contributed by atoms with Crippen LogP contribution in [0.3, 0.4) is 0 Å². The molecule has 3 nitrogen and oxygen atoms in total. The van der Waals surface area contributed by atoms with Gasteiger partial charge in [-0.3, -0.25) is 4.79 Å². The quantitative estimate of drug-likeness (QED) is 0.147. The van der Waals surface area contributed by atoms with E-state index in [0.29, 0.717) is 22.7 Å². The van der Waals surface area contributed by atoms with Gasteiger partial charge in [-0.05, 0) is 71.1 Å². The fraction of sp³-hybridized carbons (Fsp3) is 0.0882. The SMILES string of the molecule is C=CC(Cc1ccc(Cl)cc1)NC(=C)/C(=C\c1cccc(C(F)(F)F)c1)NC(=O)c1ccc(-c2ccccc2)cc1. The van der Waals surface area contributed by atoms with Gasteiger partial charge in [-0.15, -0.1) is 6.58 Å². The Morgan fingerprint density at radius 2 is 1.54 bits per heavy atom. The number of rotatable bonds is 10. The van der Waals surface area contributed by atoms with Gasteiger partial charge in [-0.2, -0.15) is 13.2 Å². The Kier molecular flexibility index (Phi) is 9.48. The van der Waals surface area contributed by atoms with Crippen molar-refractivity contribution in [2.75, 3.05) is 0 Å². The molecule has 41 heavy (non-hydrogen) atoms. The lowest BCUT2D eigenvalue weighted by atomic mass is 10.0. The van der Waals surface area contributed by atoms with Crippen molar-refractivity contribution in [1.82, 2.24) is 10.6 Å². The van der Waals surface area contributed by atoms with Gasteiger partial charge in [0, 0.05) is 16.6 Å². The minimum Gasteiger partial charge on any atom is -0.377 e. The number of hydrogen-bond donors (Lipinski definition) is 2. The standard InChI is InChI=1S/C34H28ClF3N2O/c1-3-31(21-24-12-18-30(35)19-13-24)39-23(2)32(22-25-8-7-11-29(20-25)34(36,37)38)40-33(41)28-16-14-27(15-17-28)26-9-5-4-6-10-26/h3-20,22,31,39H,1-2,21H2,(H,40,41)/b32-22+. The molecule has 2 N–H and O–H groups in total. The van der Waals surface area contributed by atoms with Gasteiger partial charge in [0.15, 0.2) is 0 Å². The van der Waals surface area contributed by atoms with E-state index in [2.05, 4.69) is 23.8 Å². The third-order valence-corrected chi connectivity index (χ3v) is 6.62. The van der Waals surface area contributed by atoms with E-state index in [1.54, 1.807) is 30.3 Å². The maximum Gasteiger partial charge on any atom is 0.416 e. The summed E-state index contributed by atoms with van der Waals surface area (Å²) in [6.45, 7) is 7.97. The van der Waals surface area contributed by atoms with Crippen molar-refractivity contribution < 1.29 is 18.0 Å². The van der Waals surface area contributed by atoms with Crippen molar-refractivity contribution in [2.45, 2.75) is 18.6 Å². The Morgan fingerprint density at radius 1 is 0.878 bits per heavy atom. The molecule has 0 heterocycles. The van der Waals surface area contributed by atoms with E-state index < -0.39 is 17.6 Å². The van der Waals surface area contributed by atoms with Gasteiger partial charge in [-0.25, -0.2) is 0 Å². The summed E-state index contributed by atoms with van der Waals surface area (Å²) in [7, 11) is 0. The maximum atomic E-state index is 13.4.